The van der Waals surface area contributed by atoms with Gasteiger partial charge in [0.2, 0.25) is 0 Å². The van der Waals surface area contributed by atoms with Gasteiger partial charge in [-0.1, -0.05) is 38.5 Å². The first-order chi connectivity index (χ1) is 8.16. The molecule has 0 atom stereocenters. The van der Waals surface area contributed by atoms with E-state index in [1.165, 1.54) is 12.8 Å². The number of rotatable bonds is 4. The van der Waals surface area contributed by atoms with E-state index in [1.807, 2.05) is 0 Å². The zero-order valence-corrected chi connectivity index (χ0v) is 11.4. The first-order valence-corrected chi connectivity index (χ1v) is 8.61. The maximum atomic E-state index is 14.0. The Morgan fingerprint density at radius 1 is 0.765 bits per heavy atom. The maximum Gasteiger partial charge on any atom is 0.378 e. The normalized spacial score (nSPS) is 25.0. The Morgan fingerprint density at radius 3 is 1.47 bits per heavy atom. The first kappa shape index (κ1) is 13.5. The van der Waals surface area contributed by atoms with Gasteiger partial charge < -0.3 is 0 Å². The van der Waals surface area contributed by atoms with Crippen molar-refractivity contribution in [1.29, 1.82) is 0 Å². The summed E-state index contributed by atoms with van der Waals surface area (Å²) in [4.78, 5) is 0. The Bertz CT molecular complexity index is 252. The fraction of sp³-hybridized carbons (Fsp3) is 1.00. The lowest BCUT2D eigenvalue weighted by Gasteiger charge is -2.28. The molecule has 0 aromatic carbocycles. The van der Waals surface area contributed by atoms with Gasteiger partial charge in [-0.3, -0.25) is 4.57 Å². The Kier molecular flexibility index (Phi) is 5.01. The highest BCUT2D eigenvalue weighted by Crippen LogP contribution is 2.42. The van der Waals surface area contributed by atoms with Gasteiger partial charge in [0.15, 0.2) is 0 Å². The van der Waals surface area contributed by atoms with Crippen LogP contribution in [-0.4, -0.2) is 12.1 Å². The summed E-state index contributed by atoms with van der Waals surface area (Å²) >= 11 is 0. The van der Waals surface area contributed by atoms with Crippen molar-refractivity contribution in [3.05, 3.63) is 0 Å². The number of nitrogens with one attached hydrogen (secondary N) is 2. The summed E-state index contributed by atoms with van der Waals surface area (Å²) < 4.78 is 25.9. The zero-order chi connectivity index (χ0) is 12.1. The van der Waals surface area contributed by atoms with Crippen LogP contribution in [0, 0.1) is 0 Å². The van der Waals surface area contributed by atoms with Crippen molar-refractivity contribution in [3.63, 3.8) is 0 Å². The summed E-state index contributed by atoms with van der Waals surface area (Å²) in [5.41, 5.74) is 0. The lowest BCUT2D eigenvalue weighted by atomic mass is 9.96. The fourth-order valence-electron chi connectivity index (χ4n) is 2.97. The summed E-state index contributed by atoms with van der Waals surface area (Å²) in [6.45, 7) is 0. The van der Waals surface area contributed by atoms with E-state index >= 15 is 0 Å². The molecule has 0 aromatic heterocycles. The minimum absolute atomic E-state index is 0.107. The average Bonchev–Trinajstić information content (AvgIpc) is 2.30. The zero-order valence-electron chi connectivity index (χ0n) is 10.5. The monoisotopic (exact) mass is 262 g/mol. The van der Waals surface area contributed by atoms with Crippen LogP contribution in [0.1, 0.15) is 64.2 Å². The Balaban J connectivity index is 1.78. The van der Waals surface area contributed by atoms with Gasteiger partial charge in [-0.25, -0.2) is 10.2 Å². The molecule has 0 radical (unpaired) electrons. The lowest BCUT2D eigenvalue weighted by molar-refractivity contribution is 0.375. The Morgan fingerprint density at radius 2 is 1.12 bits per heavy atom. The lowest BCUT2D eigenvalue weighted by Crippen LogP contribution is -2.36. The van der Waals surface area contributed by atoms with Crippen LogP contribution in [0.25, 0.3) is 0 Å². The van der Waals surface area contributed by atoms with Gasteiger partial charge in [-0.15, -0.1) is 0 Å². The van der Waals surface area contributed by atoms with E-state index in [1.54, 1.807) is 0 Å². The van der Waals surface area contributed by atoms with E-state index in [0.717, 1.165) is 51.4 Å². The molecule has 5 heteroatoms. The van der Waals surface area contributed by atoms with Gasteiger partial charge in [0.05, 0.1) is 0 Å². The molecule has 2 aliphatic rings. The molecular weight excluding hydrogens is 238 g/mol. The molecule has 2 N–H and O–H groups in total. The molecule has 100 valence electrons. The molecule has 0 aromatic rings. The van der Waals surface area contributed by atoms with Gasteiger partial charge in [0.25, 0.3) is 0 Å². The second kappa shape index (κ2) is 6.31. The number of halogens is 1. The van der Waals surface area contributed by atoms with Crippen LogP contribution in [0.2, 0.25) is 0 Å². The molecular formula is C12H24FN2OP. The molecule has 0 bridgehead atoms. The summed E-state index contributed by atoms with van der Waals surface area (Å²) in [7, 11) is -3.83. The highest BCUT2D eigenvalue weighted by atomic mass is 31.2. The third-order valence-corrected chi connectivity index (χ3v) is 5.30. The molecule has 2 fully saturated rings. The average molecular weight is 262 g/mol. The molecule has 0 unspecified atom stereocenters. The van der Waals surface area contributed by atoms with Crippen molar-refractivity contribution in [2.75, 3.05) is 0 Å². The highest BCUT2D eigenvalue weighted by molar-refractivity contribution is 7.54. The number of hydrogen-bond acceptors (Lipinski definition) is 1. The smallest absolute Gasteiger partial charge is 0.251 e. The van der Waals surface area contributed by atoms with Crippen molar-refractivity contribution in [2.45, 2.75) is 76.3 Å². The van der Waals surface area contributed by atoms with E-state index in [0.29, 0.717) is 0 Å². The van der Waals surface area contributed by atoms with Crippen LogP contribution < -0.4 is 10.2 Å². The Hall–Kier alpha value is 0.0800. The predicted octanol–water partition coefficient (Wildman–Crippen LogP) is 3.91. The maximum absolute atomic E-state index is 14.0. The third kappa shape index (κ3) is 4.69. The van der Waals surface area contributed by atoms with Gasteiger partial charge >= 0.3 is 7.75 Å². The summed E-state index contributed by atoms with van der Waals surface area (Å²) in [6, 6.07) is 0.214. The summed E-state index contributed by atoms with van der Waals surface area (Å²) in [5, 5.41) is 5.44. The van der Waals surface area contributed by atoms with E-state index in [4.69, 9.17) is 0 Å². The molecule has 0 aliphatic heterocycles. The second-order valence-corrected chi connectivity index (χ2v) is 7.04. The largest absolute Gasteiger partial charge is 0.378 e. The fourth-order valence-corrected chi connectivity index (χ4v) is 4.50. The topological polar surface area (TPSA) is 41.1 Å². The van der Waals surface area contributed by atoms with Crippen LogP contribution in [0.5, 0.6) is 0 Å². The van der Waals surface area contributed by atoms with Crippen molar-refractivity contribution in [2.24, 2.45) is 0 Å². The molecule has 2 aliphatic carbocycles. The van der Waals surface area contributed by atoms with E-state index in [2.05, 4.69) is 10.2 Å². The van der Waals surface area contributed by atoms with Crippen molar-refractivity contribution < 1.29 is 8.76 Å². The van der Waals surface area contributed by atoms with Crippen LogP contribution >= 0.6 is 7.75 Å². The van der Waals surface area contributed by atoms with Crippen LogP contribution in [-0.2, 0) is 4.57 Å². The van der Waals surface area contributed by atoms with E-state index < -0.39 is 7.75 Å². The van der Waals surface area contributed by atoms with Crippen molar-refractivity contribution in [3.8, 4) is 0 Å². The molecule has 2 rings (SSSR count). The van der Waals surface area contributed by atoms with Gasteiger partial charge in [-0.05, 0) is 25.7 Å². The second-order valence-electron chi connectivity index (χ2n) is 5.46. The molecule has 3 nitrogen and oxygen atoms in total. The van der Waals surface area contributed by atoms with Gasteiger partial charge in [0, 0.05) is 12.1 Å². The molecule has 0 heterocycles. The third-order valence-electron chi connectivity index (χ3n) is 3.91. The van der Waals surface area contributed by atoms with Gasteiger partial charge in [0.1, 0.15) is 0 Å². The predicted molar refractivity (Wildman–Crippen MR) is 68.7 cm³/mol. The molecule has 0 saturated heterocycles. The molecule has 2 saturated carbocycles. The minimum atomic E-state index is -3.83. The highest BCUT2D eigenvalue weighted by Gasteiger charge is 2.29. The molecule has 0 spiro atoms. The standard InChI is InChI=1S/C12H24FN2OP/c13-17(16,14-11-7-3-1-4-8-11)15-12-9-5-2-6-10-12/h11-12H,1-10H2,(H2,14,15,16). The first-order valence-electron chi connectivity index (χ1n) is 7.01. The van der Waals surface area contributed by atoms with Crippen LogP contribution in [0.4, 0.5) is 4.20 Å². The van der Waals surface area contributed by atoms with Crippen molar-refractivity contribution >= 4 is 7.75 Å². The van der Waals surface area contributed by atoms with E-state index in [9.17, 15) is 8.76 Å². The minimum Gasteiger partial charge on any atom is -0.251 e. The van der Waals surface area contributed by atoms with Gasteiger partial charge in [-0.2, -0.15) is 4.20 Å². The molecule has 17 heavy (non-hydrogen) atoms. The summed E-state index contributed by atoms with van der Waals surface area (Å²) in [5.74, 6) is 0. The van der Waals surface area contributed by atoms with Crippen LogP contribution in [0.3, 0.4) is 0 Å². The Labute approximate surface area is 104 Å². The SMILES string of the molecule is O=P(F)(NC1CCCCC1)NC1CCCCC1. The quantitative estimate of drug-likeness (QED) is 0.755. The number of hydrogen-bond donors (Lipinski definition) is 2. The van der Waals surface area contributed by atoms with E-state index in [-0.39, 0.29) is 12.1 Å². The van der Waals surface area contributed by atoms with Crippen molar-refractivity contribution in [1.82, 2.24) is 10.2 Å². The summed E-state index contributed by atoms with van der Waals surface area (Å²) in [6.07, 6.45) is 10.8. The van der Waals surface area contributed by atoms with Crippen LogP contribution in [0.15, 0.2) is 0 Å². The molecule has 0 amide bonds.